The van der Waals surface area contributed by atoms with Crippen LogP contribution in [0.15, 0.2) is 0 Å². The Labute approximate surface area is 79.3 Å². The van der Waals surface area contributed by atoms with E-state index < -0.39 is 0 Å². The Balaban J connectivity index is 1.41. The first kappa shape index (κ1) is 9.00. The second kappa shape index (κ2) is 4.09. The molecule has 0 bridgehead atoms. The molecule has 0 aromatic heterocycles. The van der Waals surface area contributed by atoms with Gasteiger partial charge < -0.3 is 10.6 Å². The first-order valence-corrected chi connectivity index (χ1v) is 5.37. The van der Waals surface area contributed by atoms with E-state index in [0.29, 0.717) is 5.92 Å². The van der Waals surface area contributed by atoms with Crippen LogP contribution >= 0.6 is 0 Å². The number of hydrogen-bond acceptors (Lipinski definition) is 2. The minimum atomic E-state index is 0.270. The zero-order chi connectivity index (χ0) is 9.10. The largest absolute Gasteiger partial charge is 0.356 e. The van der Waals surface area contributed by atoms with Crippen LogP contribution in [0.1, 0.15) is 32.1 Å². The van der Waals surface area contributed by atoms with Gasteiger partial charge in [0.25, 0.3) is 0 Å². The molecule has 1 amide bonds. The lowest BCUT2D eigenvalue weighted by molar-refractivity contribution is -0.122. The second-order valence-corrected chi connectivity index (χ2v) is 4.15. The molecule has 2 rings (SSSR count). The number of rotatable bonds is 6. The molecule has 0 aliphatic heterocycles. The predicted molar refractivity (Wildman–Crippen MR) is 51.4 cm³/mol. The Kier molecular flexibility index (Phi) is 2.83. The molecular formula is C10H18N2O. The normalized spacial score (nSPS) is 21.5. The number of hydrogen-bond donors (Lipinski definition) is 2. The van der Waals surface area contributed by atoms with Gasteiger partial charge in [0.1, 0.15) is 0 Å². The molecule has 2 N–H and O–H groups in total. The fraction of sp³-hybridized carbons (Fsp3) is 0.900. The van der Waals surface area contributed by atoms with E-state index in [1.54, 1.807) is 0 Å². The van der Waals surface area contributed by atoms with Gasteiger partial charge in [-0.1, -0.05) is 0 Å². The fourth-order valence-corrected chi connectivity index (χ4v) is 1.38. The van der Waals surface area contributed by atoms with Crippen LogP contribution in [-0.2, 0) is 4.79 Å². The Morgan fingerprint density at radius 1 is 1.15 bits per heavy atom. The number of carbonyl (C=O) groups excluding carboxylic acids is 1. The van der Waals surface area contributed by atoms with Gasteiger partial charge in [0.2, 0.25) is 5.91 Å². The summed E-state index contributed by atoms with van der Waals surface area (Å²) in [6.07, 6.45) is 5.95. The molecule has 0 radical (unpaired) electrons. The average Bonchev–Trinajstić information content (AvgIpc) is 2.98. The maximum atomic E-state index is 11.2. The van der Waals surface area contributed by atoms with Crippen LogP contribution in [0.25, 0.3) is 0 Å². The molecule has 2 aliphatic rings. The molecule has 13 heavy (non-hydrogen) atoms. The first-order valence-electron chi connectivity index (χ1n) is 5.37. The van der Waals surface area contributed by atoms with Crippen molar-refractivity contribution in [2.24, 2.45) is 5.92 Å². The molecule has 0 unspecified atom stereocenters. The maximum Gasteiger partial charge on any atom is 0.223 e. The number of amides is 1. The van der Waals surface area contributed by atoms with Gasteiger partial charge in [0, 0.05) is 18.5 Å². The summed E-state index contributed by atoms with van der Waals surface area (Å²) in [7, 11) is 0. The van der Waals surface area contributed by atoms with E-state index in [-0.39, 0.29) is 5.91 Å². The van der Waals surface area contributed by atoms with Crippen LogP contribution < -0.4 is 10.6 Å². The van der Waals surface area contributed by atoms with E-state index in [1.165, 1.54) is 12.8 Å². The van der Waals surface area contributed by atoms with Gasteiger partial charge in [-0.15, -0.1) is 0 Å². The van der Waals surface area contributed by atoms with Gasteiger partial charge in [0.05, 0.1) is 0 Å². The molecule has 2 fully saturated rings. The summed E-state index contributed by atoms with van der Waals surface area (Å²) in [4.78, 5) is 11.2. The van der Waals surface area contributed by atoms with Gasteiger partial charge in [-0.05, 0) is 38.6 Å². The predicted octanol–water partition coefficient (Wildman–Crippen LogP) is 0.655. The summed E-state index contributed by atoms with van der Waals surface area (Å²) in [6, 6.07) is 0.791. The zero-order valence-corrected chi connectivity index (χ0v) is 8.01. The Hall–Kier alpha value is -0.570. The highest BCUT2D eigenvalue weighted by molar-refractivity contribution is 5.80. The Bertz CT molecular complexity index is 185. The van der Waals surface area contributed by atoms with Crippen LogP contribution in [0, 0.1) is 5.92 Å². The van der Waals surface area contributed by atoms with Crippen LogP contribution in [0.3, 0.4) is 0 Å². The maximum absolute atomic E-state index is 11.2. The minimum absolute atomic E-state index is 0.270. The molecule has 2 aliphatic carbocycles. The summed E-state index contributed by atoms with van der Waals surface area (Å²) in [5.74, 6) is 0.628. The van der Waals surface area contributed by atoms with E-state index in [2.05, 4.69) is 10.6 Å². The van der Waals surface area contributed by atoms with Crippen LogP contribution in [0.2, 0.25) is 0 Å². The second-order valence-electron chi connectivity index (χ2n) is 4.15. The lowest BCUT2D eigenvalue weighted by Crippen LogP contribution is -2.28. The highest BCUT2D eigenvalue weighted by atomic mass is 16.2. The summed E-state index contributed by atoms with van der Waals surface area (Å²) >= 11 is 0. The highest BCUT2D eigenvalue weighted by Crippen LogP contribution is 2.28. The summed E-state index contributed by atoms with van der Waals surface area (Å²) in [5, 5.41) is 6.38. The fourth-order valence-electron chi connectivity index (χ4n) is 1.38. The van der Waals surface area contributed by atoms with Crippen LogP contribution in [0.4, 0.5) is 0 Å². The molecule has 0 atom stereocenters. The van der Waals surface area contributed by atoms with Crippen molar-refractivity contribution in [1.82, 2.24) is 10.6 Å². The van der Waals surface area contributed by atoms with Crippen molar-refractivity contribution in [1.29, 1.82) is 0 Å². The quantitative estimate of drug-likeness (QED) is 0.592. The number of nitrogens with one attached hydrogen (secondary N) is 2. The highest BCUT2D eigenvalue weighted by Gasteiger charge is 2.28. The van der Waals surface area contributed by atoms with Gasteiger partial charge in [-0.25, -0.2) is 0 Å². The van der Waals surface area contributed by atoms with E-state index in [9.17, 15) is 4.79 Å². The van der Waals surface area contributed by atoms with Crippen molar-refractivity contribution in [2.45, 2.75) is 38.1 Å². The third-order valence-electron chi connectivity index (χ3n) is 2.61. The molecule has 3 nitrogen and oxygen atoms in total. The number of carbonyl (C=O) groups is 1. The van der Waals surface area contributed by atoms with Crippen molar-refractivity contribution < 1.29 is 4.79 Å². The van der Waals surface area contributed by atoms with Gasteiger partial charge in [0.15, 0.2) is 0 Å². The first-order chi connectivity index (χ1) is 6.36. The van der Waals surface area contributed by atoms with Gasteiger partial charge in [-0.2, -0.15) is 0 Å². The SMILES string of the molecule is O=C(NCCCNC1CC1)C1CC1. The lowest BCUT2D eigenvalue weighted by atomic mass is 10.3. The molecule has 0 aromatic rings. The Morgan fingerprint density at radius 3 is 2.54 bits per heavy atom. The van der Waals surface area contributed by atoms with E-state index in [1.807, 2.05) is 0 Å². The molecule has 74 valence electrons. The van der Waals surface area contributed by atoms with Gasteiger partial charge in [-0.3, -0.25) is 4.79 Å². The molecule has 0 spiro atoms. The van der Waals surface area contributed by atoms with Gasteiger partial charge >= 0.3 is 0 Å². The van der Waals surface area contributed by atoms with Crippen molar-refractivity contribution in [3.63, 3.8) is 0 Å². The van der Waals surface area contributed by atoms with E-state index >= 15 is 0 Å². The smallest absolute Gasteiger partial charge is 0.223 e. The van der Waals surface area contributed by atoms with Crippen LogP contribution in [0.5, 0.6) is 0 Å². The topological polar surface area (TPSA) is 41.1 Å². The van der Waals surface area contributed by atoms with Crippen molar-refractivity contribution in [2.75, 3.05) is 13.1 Å². The molecule has 2 saturated carbocycles. The van der Waals surface area contributed by atoms with Crippen molar-refractivity contribution in [3.8, 4) is 0 Å². The Morgan fingerprint density at radius 2 is 1.92 bits per heavy atom. The molecular weight excluding hydrogens is 164 g/mol. The average molecular weight is 182 g/mol. The molecule has 3 heteroatoms. The van der Waals surface area contributed by atoms with E-state index in [4.69, 9.17) is 0 Å². The summed E-state index contributed by atoms with van der Waals surface area (Å²) in [6.45, 7) is 1.89. The molecule has 0 heterocycles. The minimum Gasteiger partial charge on any atom is -0.356 e. The third kappa shape index (κ3) is 3.35. The lowest BCUT2D eigenvalue weighted by Gasteiger charge is -2.04. The standard InChI is InChI=1S/C10H18N2O/c13-10(8-2-3-8)12-7-1-6-11-9-4-5-9/h8-9,11H,1-7H2,(H,12,13). The molecule has 0 saturated heterocycles. The van der Waals surface area contributed by atoms with Crippen molar-refractivity contribution >= 4 is 5.91 Å². The van der Waals surface area contributed by atoms with Crippen LogP contribution in [-0.4, -0.2) is 25.0 Å². The third-order valence-corrected chi connectivity index (χ3v) is 2.61. The monoisotopic (exact) mass is 182 g/mol. The van der Waals surface area contributed by atoms with Crippen molar-refractivity contribution in [3.05, 3.63) is 0 Å². The molecule has 0 aromatic carbocycles. The zero-order valence-electron chi connectivity index (χ0n) is 8.01. The van der Waals surface area contributed by atoms with E-state index in [0.717, 1.165) is 38.4 Å². The summed E-state index contributed by atoms with van der Waals surface area (Å²) < 4.78 is 0. The summed E-state index contributed by atoms with van der Waals surface area (Å²) in [5.41, 5.74) is 0.